The topological polar surface area (TPSA) is 3.24 Å². The molecule has 0 fully saturated rings. The molecule has 0 radical (unpaired) electrons. The van der Waals surface area contributed by atoms with Gasteiger partial charge in [0.2, 0.25) is 0 Å². The maximum Gasteiger partial charge on any atom is 0.0467 e. The van der Waals surface area contributed by atoms with Crippen LogP contribution in [0.2, 0.25) is 0 Å². The van der Waals surface area contributed by atoms with Gasteiger partial charge in [-0.15, -0.1) is 0 Å². The first-order chi connectivity index (χ1) is 26.2. The van der Waals surface area contributed by atoms with Crippen molar-refractivity contribution in [1.29, 1.82) is 0 Å². The summed E-state index contributed by atoms with van der Waals surface area (Å²) in [6.45, 7) is 11.9. The lowest BCUT2D eigenvalue weighted by molar-refractivity contribution is 0.332. The summed E-state index contributed by atoms with van der Waals surface area (Å²) in [5.41, 5.74) is 15.5. The van der Waals surface area contributed by atoms with Crippen LogP contribution < -0.4 is 4.90 Å². The van der Waals surface area contributed by atoms with Gasteiger partial charge in [0.25, 0.3) is 0 Å². The summed E-state index contributed by atoms with van der Waals surface area (Å²) in [6.07, 6.45) is 2.42. The third-order valence-corrected chi connectivity index (χ3v) is 12.1. The minimum absolute atomic E-state index is 0.148. The van der Waals surface area contributed by atoms with Gasteiger partial charge in [-0.05, 0) is 145 Å². The van der Waals surface area contributed by atoms with Crippen LogP contribution in [0, 0.1) is 6.92 Å². The average Bonchev–Trinajstić information content (AvgIpc) is 3.20. The number of anilines is 3. The van der Waals surface area contributed by atoms with Gasteiger partial charge in [-0.3, -0.25) is 0 Å². The highest BCUT2D eigenvalue weighted by molar-refractivity contribution is 6.13. The Labute approximate surface area is 320 Å². The molecule has 0 unspecified atom stereocenters. The summed E-state index contributed by atoms with van der Waals surface area (Å²) in [4.78, 5) is 2.40. The normalized spacial score (nSPS) is 14.5. The van der Waals surface area contributed by atoms with Crippen LogP contribution in [-0.4, -0.2) is 0 Å². The lowest BCUT2D eigenvalue weighted by Crippen LogP contribution is -2.34. The lowest BCUT2D eigenvalue weighted by atomic mass is 9.62. The van der Waals surface area contributed by atoms with E-state index in [1.54, 1.807) is 0 Å². The van der Waals surface area contributed by atoms with Crippen molar-refractivity contribution < 1.29 is 0 Å². The van der Waals surface area contributed by atoms with Gasteiger partial charge in [0, 0.05) is 17.1 Å². The van der Waals surface area contributed by atoms with Crippen LogP contribution in [0.5, 0.6) is 0 Å². The molecule has 1 nitrogen and oxygen atoms in total. The molecule has 1 heteroatoms. The Bertz CT molecular complexity index is 2640. The SMILES string of the molecule is Cc1cc2c(cc1-c1cccc(N(c3ccc(-c4ccccc4)cc3)c3ccc(-c4cc5ccccc5c5ccccc45)cc3)c1)C(C)(C)CCC2(C)C. The van der Waals surface area contributed by atoms with Gasteiger partial charge in [-0.2, -0.15) is 0 Å². The summed E-state index contributed by atoms with van der Waals surface area (Å²) < 4.78 is 0. The average molecular weight is 698 g/mol. The molecule has 0 spiro atoms. The van der Waals surface area contributed by atoms with Crippen LogP contribution in [0.1, 0.15) is 57.2 Å². The van der Waals surface area contributed by atoms with Gasteiger partial charge in [-0.25, -0.2) is 0 Å². The predicted molar refractivity (Wildman–Crippen MR) is 232 cm³/mol. The van der Waals surface area contributed by atoms with Crippen LogP contribution in [0.15, 0.2) is 170 Å². The molecule has 1 aliphatic carbocycles. The Morgan fingerprint density at radius 1 is 0.389 bits per heavy atom. The molecule has 0 bridgehead atoms. The van der Waals surface area contributed by atoms with E-state index >= 15 is 0 Å². The number of aryl methyl sites for hydroxylation is 1. The second-order valence-corrected chi connectivity index (χ2v) is 16.5. The summed E-state index contributed by atoms with van der Waals surface area (Å²) in [7, 11) is 0. The van der Waals surface area contributed by atoms with E-state index in [1.165, 1.54) is 84.5 Å². The molecule has 0 atom stereocenters. The molecule has 264 valence electrons. The number of nitrogens with zero attached hydrogens (tertiary/aromatic N) is 1. The van der Waals surface area contributed by atoms with Crippen molar-refractivity contribution in [2.45, 2.75) is 58.3 Å². The van der Waals surface area contributed by atoms with Gasteiger partial charge >= 0.3 is 0 Å². The summed E-state index contributed by atoms with van der Waals surface area (Å²) in [5, 5.41) is 5.12. The number of hydrogen-bond acceptors (Lipinski definition) is 1. The summed E-state index contributed by atoms with van der Waals surface area (Å²) >= 11 is 0. The number of hydrogen-bond donors (Lipinski definition) is 0. The highest BCUT2D eigenvalue weighted by Gasteiger charge is 2.37. The molecule has 0 N–H and O–H groups in total. The van der Waals surface area contributed by atoms with Crippen molar-refractivity contribution in [2.75, 3.05) is 4.90 Å². The molecule has 0 amide bonds. The Kier molecular flexibility index (Phi) is 8.27. The quantitative estimate of drug-likeness (QED) is 0.156. The molecule has 0 saturated carbocycles. The zero-order valence-electron chi connectivity index (χ0n) is 32.0. The van der Waals surface area contributed by atoms with Crippen LogP contribution >= 0.6 is 0 Å². The molecule has 9 rings (SSSR count). The van der Waals surface area contributed by atoms with E-state index in [0.717, 1.165) is 17.1 Å². The number of rotatable bonds is 6. The minimum atomic E-state index is 0.148. The van der Waals surface area contributed by atoms with Crippen molar-refractivity contribution in [2.24, 2.45) is 0 Å². The summed E-state index contributed by atoms with van der Waals surface area (Å²) in [5.74, 6) is 0. The third-order valence-electron chi connectivity index (χ3n) is 12.1. The molecule has 8 aromatic carbocycles. The fourth-order valence-corrected chi connectivity index (χ4v) is 8.81. The first-order valence-electron chi connectivity index (χ1n) is 19.4. The van der Waals surface area contributed by atoms with Gasteiger partial charge < -0.3 is 4.90 Å². The third kappa shape index (κ3) is 5.99. The predicted octanol–water partition coefficient (Wildman–Crippen LogP) is 15.1. The minimum Gasteiger partial charge on any atom is -0.310 e. The molecule has 0 aliphatic heterocycles. The van der Waals surface area contributed by atoms with E-state index < -0.39 is 0 Å². The number of fused-ring (bicyclic) bond motifs is 4. The fourth-order valence-electron chi connectivity index (χ4n) is 8.81. The lowest BCUT2D eigenvalue weighted by Gasteiger charge is -2.42. The number of benzene rings is 8. The molecule has 0 aromatic heterocycles. The monoisotopic (exact) mass is 697 g/mol. The van der Waals surface area contributed by atoms with Gasteiger partial charge in [0.15, 0.2) is 0 Å². The first kappa shape index (κ1) is 33.9. The van der Waals surface area contributed by atoms with E-state index in [0.29, 0.717) is 0 Å². The van der Waals surface area contributed by atoms with Crippen molar-refractivity contribution in [1.82, 2.24) is 0 Å². The fraction of sp³-hybridized carbons (Fsp3) is 0.170. The first-order valence-corrected chi connectivity index (χ1v) is 19.4. The van der Waals surface area contributed by atoms with E-state index in [-0.39, 0.29) is 10.8 Å². The smallest absolute Gasteiger partial charge is 0.0467 e. The van der Waals surface area contributed by atoms with Crippen LogP contribution in [0.4, 0.5) is 17.1 Å². The van der Waals surface area contributed by atoms with Crippen molar-refractivity contribution in [3.63, 3.8) is 0 Å². The van der Waals surface area contributed by atoms with Crippen molar-refractivity contribution in [3.8, 4) is 33.4 Å². The molecule has 54 heavy (non-hydrogen) atoms. The highest BCUT2D eigenvalue weighted by Crippen LogP contribution is 2.48. The van der Waals surface area contributed by atoms with Gasteiger partial charge in [0.05, 0.1) is 0 Å². The molecular weight excluding hydrogens is 651 g/mol. The van der Waals surface area contributed by atoms with Crippen LogP contribution in [0.3, 0.4) is 0 Å². The second kappa shape index (κ2) is 13.2. The standard InChI is InChI=1S/C53H47N/c1-36-32-50-51(53(4,5)31-30-52(50,2)3)35-48(36)40-17-13-18-44(33-40)54(42-26-22-38(23-27-42)37-14-7-6-8-15-37)43-28-24-39(25-29-43)49-34-41-16-9-10-19-45(41)46-20-11-12-21-47(46)49/h6-29,32-35H,30-31H2,1-5H3. The Hall–Kier alpha value is -5.92. The van der Waals surface area contributed by atoms with Gasteiger partial charge in [0.1, 0.15) is 0 Å². The Morgan fingerprint density at radius 2 is 0.926 bits per heavy atom. The second-order valence-electron chi connectivity index (χ2n) is 16.5. The van der Waals surface area contributed by atoms with Gasteiger partial charge in [-0.1, -0.05) is 155 Å². The molecule has 1 aliphatic rings. The molecule has 0 saturated heterocycles. The van der Waals surface area contributed by atoms with E-state index in [2.05, 4.69) is 209 Å². The zero-order valence-corrected chi connectivity index (χ0v) is 32.0. The zero-order chi connectivity index (χ0) is 37.0. The largest absolute Gasteiger partial charge is 0.310 e. The van der Waals surface area contributed by atoms with E-state index in [9.17, 15) is 0 Å². The van der Waals surface area contributed by atoms with Crippen LogP contribution in [-0.2, 0) is 10.8 Å². The van der Waals surface area contributed by atoms with Crippen molar-refractivity contribution >= 4 is 38.6 Å². The highest BCUT2D eigenvalue weighted by atomic mass is 15.1. The molecule has 0 heterocycles. The molecular formula is C53H47N. The molecule has 8 aromatic rings. The van der Waals surface area contributed by atoms with E-state index in [4.69, 9.17) is 0 Å². The van der Waals surface area contributed by atoms with Crippen LogP contribution in [0.25, 0.3) is 54.9 Å². The maximum absolute atomic E-state index is 2.51. The maximum atomic E-state index is 2.51. The summed E-state index contributed by atoms with van der Waals surface area (Å²) in [6, 6.07) is 62.8. The van der Waals surface area contributed by atoms with Crippen molar-refractivity contribution in [3.05, 3.63) is 187 Å². The Morgan fingerprint density at radius 3 is 1.61 bits per heavy atom. The Balaban J connectivity index is 1.16. The van der Waals surface area contributed by atoms with E-state index in [1.807, 2.05) is 0 Å².